The summed E-state index contributed by atoms with van der Waals surface area (Å²) in [6.07, 6.45) is 1.74. The van der Waals surface area contributed by atoms with Gasteiger partial charge in [-0.25, -0.2) is 4.79 Å². The standard InChI is InChI=1S/C13H19N3O3/c1-2-8(3-4-17)7-15-10-6-11-12(5-9(10)14)19-13(18)16-11/h5-6,8,15,17H,2-4,7,14H2,1H3,(H,16,18). The summed E-state index contributed by atoms with van der Waals surface area (Å²) in [4.78, 5) is 13.7. The Bertz CT molecular complexity index is 603. The molecule has 0 aliphatic heterocycles. The van der Waals surface area contributed by atoms with Gasteiger partial charge in [-0.05, 0) is 18.4 Å². The van der Waals surface area contributed by atoms with Crippen LogP contribution >= 0.6 is 0 Å². The summed E-state index contributed by atoms with van der Waals surface area (Å²) in [6, 6.07) is 3.39. The van der Waals surface area contributed by atoms with Gasteiger partial charge in [0.05, 0.1) is 16.9 Å². The van der Waals surface area contributed by atoms with E-state index in [1.807, 2.05) is 0 Å². The molecule has 2 rings (SSSR count). The minimum atomic E-state index is -0.488. The third kappa shape index (κ3) is 3.08. The maximum absolute atomic E-state index is 11.1. The molecule has 1 aromatic heterocycles. The molecule has 0 bridgehead atoms. The van der Waals surface area contributed by atoms with Crippen molar-refractivity contribution in [2.45, 2.75) is 19.8 Å². The van der Waals surface area contributed by atoms with E-state index >= 15 is 0 Å². The number of H-pyrrole nitrogens is 1. The number of nitrogen functional groups attached to an aromatic ring is 1. The molecular weight excluding hydrogens is 246 g/mol. The van der Waals surface area contributed by atoms with Gasteiger partial charge in [-0.2, -0.15) is 0 Å². The van der Waals surface area contributed by atoms with Gasteiger partial charge in [0.1, 0.15) is 0 Å². The van der Waals surface area contributed by atoms with Gasteiger partial charge >= 0.3 is 5.76 Å². The zero-order chi connectivity index (χ0) is 13.8. The summed E-state index contributed by atoms with van der Waals surface area (Å²) < 4.78 is 4.94. The number of aliphatic hydroxyl groups is 1. The van der Waals surface area contributed by atoms with Gasteiger partial charge in [-0.3, -0.25) is 4.98 Å². The predicted molar refractivity (Wildman–Crippen MR) is 75.2 cm³/mol. The van der Waals surface area contributed by atoms with Gasteiger partial charge in [-0.15, -0.1) is 0 Å². The van der Waals surface area contributed by atoms with Crippen molar-refractivity contribution in [3.8, 4) is 0 Å². The average molecular weight is 265 g/mol. The van der Waals surface area contributed by atoms with Gasteiger partial charge in [0.2, 0.25) is 0 Å². The molecule has 6 nitrogen and oxygen atoms in total. The number of nitrogens with one attached hydrogen (secondary N) is 2. The number of anilines is 2. The molecule has 1 heterocycles. The molecule has 0 spiro atoms. The normalized spacial score (nSPS) is 12.7. The van der Waals surface area contributed by atoms with E-state index in [-0.39, 0.29) is 6.61 Å². The fraction of sp³-hybridized carbons (Fsp3) is 0.462. The molecule has 1 unspecified atom stereocenters. The van der Waals surface area contributed by atoms with E-state index in [1.165, 1.54) is 0 Å². The fourth-order valence-corrected chi connectivity index (χ4v) is 2.05. The van der Waals surface area contributed by atoms with Crippen molar-refractivity contribution in [1.82, 2.24) is 4.98 Å². The number of aromatic nitrogens is 1. The van der Waals surface area contributed by atoms with Crippen molar-refractivity contribution in [1.29, 1.82) is 0 Å². The van der Waals surface area contributed by atoms with Crippen LogP contribution in [0.1, 0.15) is 19.8 Å². The molecule has 104 valence electrons. The maximum atomic E-state index is 11.1. The lowest BCUT2D eigenvalue weighted by atomic mass is 10.0. The van der Waals surface area contributed by atoms with Crippen molar-refractivity contribution >= 4 is 22.5 Å². The van der Waals surface area contributed by atoms with Crippen LogP contribution in [0.2, 0.25) is 0 Å². The second kappa shape index (κ2) is 5.79. The molecule has 6 heteroatoms. The molecule has 0 aliphatic rings. The van der Waals surface area contributed by atoms with E-state index in [1.54, 1.807) is 12.1 Å². The zero-order valence-corrected chi connectivity index (χ0v) is 10.9. The Kier molecular flexibility index (Phi) is 4.11. The first-order valence-electron chi connectivity index (χ1n) is 6.41. The number of aliphatic hydroxyl groups excluding tert-OH is 1. The Balaban J connectivity index is 2.15. The lowest BCUT2D eigenvalue weighted by Crippen LogP contribution is -2.15. The van der Waals surface area contributed by atoms with Crippen LogP contribution in [0.25, 0.3) is 11.1 Å². The van der Waals surface area contributed by atoms with Crippen LogP contribution in [0, 0.1) is 5.92 Å². The van der Waals surface area contributed by atoms with E-state index in [9.17, 15) is 4.79 Å². The summed E-state index contributed by atoms with van der Waals surface area (Å²) >= 11 is 0. The molecule has 0 amide bonds. The van der Waals surface area contributed by atoms with Crippen molar-refractivity contribution < 1.29 is 9.52 Å². The smallest absolute Gasteiger partial charge is 0.408 e. The second-order valence-electron chi connectivity index (χ2n) is 4.62. The van der Waals surface area contributed by atoms with Crippen LogP contribution in [-0.4, -0.2) is 23.2 Å². The van der Waals surface area contributed by atoms with Crippen molar-refractivity contribution in [3.63, 3.8) is 0 Å². The number of benzene rings is 1. The quantitative estimate of drug-likeness (QED) is 0.593. The molecule has 0 fully saturated rings. The summed E-state index contributed by atoms with van der Waals surface area (Å²) in [7, 11) is 0. The number of hydrogen-bond acceptors (Lipinski definition) is 5. The third-order valence-corrected chi connectivity index (χ3v) is 3.29. The summed E-state index contributed by atoms with van der Waals surface area (Å²) in [5.74, 6) is -0.0956. The molecule has 0 saturated carbocycles. The number of aromatic amines is 1. The largest absolute Gasteiger partial charge is 0.417 e. The molecule has 0 aliphatic carbocycles. The highest BCUT2D eigenvalue weighted by atomic mass is 16.4. The highest BCUT2D eigenvalue weighted by Gasteiger charge is 2.09. The monoisotopic (exact) mass is 265 g/mol. The SMILES string of the molecule is CCC(CCO)CNc1cc2[nH]c(=O)oc2cc1N. The molecule has 0 saturated heterocycles. The first-order chi connectivity index (χ1) is 9.13. The third-order valence-electron chi connectivity index (χ3n) is 3.29. The highest BCUT2D eigenvalue weighted by Crippen LogP contribution is 2.25. The molecule has 2 aromatic rings. The zero-order valence-electron chi connectivity index (χ0n) is 10.9. The topological polar surface area (TPSA) is 104 Å². The predicted octanol–water partition coefficient (Wildman–Crippen LogP) is 1.52. The van der Waals surface area contributed by atoms with Crippen LogP contribution in [-0.2, 0) is 0 Å². The van der Waals surface area contributed by atoms with E-state index in [4.69, 9.17) is 15.3 Å². The Morgan fingerprint density at radius 3 is 3.00 bits per heavy atom. The Morgan fingerprint density at radius 2 is 2.32 bits per heavy atom. The van der Waals surface area contributed by atoms with Gasteiger partial charge in [0, 0.05) is 19.2 Å². The molecule has 5 N–H and O–H groups in total. The summed E-state index contributed by atoms with van der Waals surface area (Å²) in [6.45, 7) is 3.00. The van der Waals surface area contributed by atoms with Gasteiger partial charge in [-0.1, -0.05) is 13.3 Å². The molecule has 1 aromatic carbocycles. The van der Waals surface area contributed by atoms with Crippen LogP contribution in [0.3, 0.4) is 0 Å². The van der Waals surface area contributed by atoms with Crippen molar-refractivity contribution in [3.05, 3.63) is 22.7 Å². The minimum Gasteiger partial charge on any atom is -0.408 e. The van der Waals surface area contributed by atoms with Crippen molar-refractivity contribution in [2.75, 3.05) is 24.2 Å². The van der Waals surface area contributed by atoms with Gasteiger partial charge < -0.3 is 20.6 Å². The van der Waals surface area contributed by atoms with Crippen LogP contribution in [0.5, 0.6) is 0 Å². The van der Waals surface area contributed by atoms with E-state index in [0.717, 1.165) is 25.1 Å². The Hall–Kier alpha value is -1.95. The lowest BCUT2D eigenvalue weighted by Gasteiger charge is -2.16. The summed E-state index contributed by atoms with van der Waals surface area (Å²) in [5, 5.41) is 12.2. The van der Waals surface area contributed by atoms with Crippen molar-refractivity contribution in [2.24, 2.45) is 5.92 Å². The Labute approximate surface area is 110 Å². The van der Waals surface area contributed by atoms with E-state index < -0.39 is 5.76 Å². The molecule has 0 radical (unpaired) electrons. The fourth-order valence-electron chi connectivity index (χ4n) is 2.05. The van der Waals surface area contributed by atoms with Crippen LogP contribution in [0.15, 0.2) is 21.3 Å². The molecular formula is C13H19N3O3. The number of oxazole rings is 1. The highest BCUT2D eigenvalue weighted by molar-refractivity contribution is 5.85. The molecule has 19 heavy (non-hydrogen) atoms. The Morgan fingerprint density at radius 1 is 1.53 bits per heavy atom. The number of fused-ring (bicyclic) bond motifs is 1. The van der Waals surface area contributed by atoms with Gasteiger partial charge in [0.25, 0.3) is 0 Å². The number of hydrogen-bond donors (Lipinski definition) is 4. The minimum absolute atomic E-state index is 0.184. The maximum Gasteiger partial charge on any atom is 0.417 e. The number of nitrogens with two attached hydrogens (primary N) is 1. The molecule has 1 atom stereocenters. The first-order valence-corrected chi connectivity index (χ1v) is 6.41. The van der Waals surface area contributed by atoms with E-state index in [2.05, 4.69) is 17.2 Å². The lowest BCUT2D eigenvalue weighted by molar-refractivity contribution is 0.258. The van der Waals surface area contributed by atoms with E-state index in [0.29, 0.717) is 22.7 Å². The average Bonchev–Trinajstić information content (AvgIpc) is 2.73. The second-order valence-corrected chi connectivity index (χ2v) is 4.62. The first kappa shape index (κ1) is 13.5. The van der Waals surface area contributed by atoms with Crippen LogP contribution in [0.4, 0.5) is 11.4 Å². The van der Waals surface area contributed by atoms with Crippen LogP contribution < -0.4 is 16.8 Å². The van der Waals surface area contributed by atoms with Gasteiger partial charge in [0.15, 0.2) is 5.58 Å². The number of rotatable bonds is 6. The summed E-state index contributed by atoms with van der Waals surface area (Å²) in [5.41, 5.74) is 8.29.